The molecule has 1 heterocycles. The number of carboxylic acids is 1. The number of hydroxylamine groups is 1. The molecule has 0 fully saturated rings. The highest BCUT2D eigenvalue weighted by molar-refractivity contribution is 5.76. The number of carbonyl (C=O) groups is 1. The van der Waals surface area contributed by atoms with Gasteiger partial charge in [0.05, 0.1) is 12.6 Å². The lowest BCUT2D eigenvalue weighted by molar-refractivity contribution is -0.138. The maximum absolute atomic E-state index is 10.7. The smallest absolute Gasteiger partial charge is 0.324 e. The average molecular weight is 248 g/mol. The summed E-state index contributed by atoms with van der Waals surface area (Å²) in [5, 5.41) is 11.7. The van der Waals surface area contributed by atoms with E-state index in [0.29, 0.717) is 13.2 Å². The molecule has 5 heteroatoms. The minimum Gasteiger partial charge on any atom is -0.480 e. The summed E-state index contributed by atoms with van der Waals surface area (Å²) in [6.45, 7) is 1.01. The molecule has 0 saturated carbocycles. The van der Waals surface area contributed by atoms with E-state index in [9.17, 15) is 4.79 Å². The van der Waals surface area contributed by atoms with E-state index >= 15 is 0 Å². The van der Waals surface area contributed by atoms with E-state index in [-0.39, 0.29) is 6.04 Å². The number of nitrogens with one attached hydrogen (secondary N) is 2. The Morgan fingerprint density at radius 2 is 2.17 bits per heavy atom. The van der Waals surface area contributed by atoms with Gasteiger partial charge in [-0.3, -0.25) is 14.9 Å². The van der Waals surface area contributed by atoms with E-state index in [2.05, 4.69) is 10.8 Å². The first-order chi connectivity index (χ1) is 8.75. The molecule has 0 spiro atoms. The first kappa shape index (κ1) is 12.8. The molecule has 0 bridgehead atoms. The summed E-state index contributed by atoms with van der Waals surface area (Å²) in [5.74, 6) is -0.866. The summed E-state index contributed by atoms with van der Waals surface area (Å²) >= 11 is 0. The van der Waals surface area contributed by atoms with Crippen molar-refractivity contribution in [3.63, 3.8) is 0 Å². The van der Waals surface area contributed by atoms with Gasteiger partial charge in [-0.15, -0.1) is 0 Å². The minimum atomic E-state index is -0.866. The molecule has 18 heavy (non-hydrogen) atoms. The van der Waals surface area contributed by atoms with Crippen LogP contribution in [0.5, 0.6) is 0 Å². The van der Waals surface area contributed by atoms with Crippen molar-refractivity contribution in [3.05, 3.63) is 48.0 Å². The molecule has 3 N–H and O–H groups in total. The average Bonchev–Trinajstić information content (AvgIpc) is 2.40. The van der Waals surface area contributed by atoms with Gasteiger partial charge in [-0.2, -0.15) is 5.48 Å². The van der Waals surface area contributed by atoms with Crippen molar-refractivity contribution >= 4 is 5.97 Å². The number of carboxylic acid groups (broad SMARTS) is 1. The van der Waals surface area contributed by atoms with Gasteiger partial charge < -0.3 is 5.11 Å². The van der Waals surface area contributed by atoms with Gasteiger partial charge in [-0.05, 0) is 5.56 Å². The normalized spacial score (nSPS) is 22.9. The zero-order chi connectivity index (χ0) is 12.8. The topological polar surface area (TPSA) is 70.6 Å². The third-order valence-electron chi connectivity index (χ3n) is 2.68. The van der Waals surface area contributed by atoms with Crippen LogP contribution in [0.3, 0.4) is 0 Å². The van der Waals surface area contributed by atoms with Crippen LogP contribution in [0.4, 0.5) is 0 Å². The number of hydrogen-bond donors (Lipinski definition) is 3. The molecular formula is C13H16N2O3. The molecule has 0 radical (unpaired) electrons. The van der Waals surface area contributed by atoms with Crippen LogP contribution in [0.25, 0.3) is 0 Å². The number of rotatable bonds is 5. The maximum atomic E-state index is 10.7. The lowest BCUT2D eigenvalue weighted by Crippen LogP contribution is -2.47. The summed E-state index contributed by atoms with van der Waals surface area (Å²) < 4.78 is 0. The highest BCUT2D eigenvalue weighted by atomic mass is 16.6. The summed E-state index contributed by atoms with van der Waals surface area (Å²) in [6.07, 6.45) is 3.43. The van der Waals surface area contributed by atoms with Crippen molar-refractivity contribution in [2.24, 2.45) is 0 Å². The van der Waals surface area contributed by atoms with Gasteiger partial charge in [-0.1, -0.05) is 42.5 Å². The van der Waals surface area contributed by atoms with E-state index in [1.807, 2.05) is 30.3 Å². The van der Waals surface area contributed by atoms with Crippen LogP contribution in [0.1, 0.15) is 5.56 Å². The predicted molar refractivity (Wildman–Crippen MR) is 66.7 cm³/mol. The molecule has 1 aliphatic rings. The van der Waals surface area contributed by atoms with Crippen LogP contribution in [-0.4, -0.2) is 29.7 Å². The summed E-state index contributed by atoms with van der Waals surface area (Å²) in [4.78, 5) is 16.1. The fraction of sp³-hybridized carbons (Fsp3) is 0.308. The van der Waals surface area contributed by atoms with E-state index in [1.54, 1.807) is 12.2 Å². The molecule has 0 unspecified atom stereocenters. The molecule has 96 valence electrons. The van der Waals surface area contributed by atoms with E-state index in [0.717, 1.165) is 5.56 Å². The van der Waals surface area contributed by atoms with Crippen LogP contribution in [-0.2, 0) is 16.2 Å². The Balaban J connectivity index is 1.72. The Morgan fingerprint density at radius 3 is 2.78 bits per heavy atom. The van der Waals surface area contributed by atoms with Gasteiger partial charge in [-0.25, -0.2) is 0 Å². The van der Waals surface area contributed by atoms with Crippen molar-refractivity contribution in [2.45, 2.75) is 18.7 Å². The van der Waals surface area contributed by atoms with E-state index in [1.165, 1.54) is 0 Å². The Morgan fingerprint density at radius 1 is 1.39 bits per heavy atom. The largest absolute Gasteiger partial charge is 0.480 e. The summed E-state index contributed by atoms with van der Waals surface area (Å²) in [7, 11) is 0. The second-order valence-electron chi connectivity index (χ2n) is 4.11. The fourth-order valence-corrected chi connectivity index (χ4v) is 1.69. The monoisotopic (exact) mass is 248 g/mol. The molecule has 0 saturated heterocycles. The van der Waals surface area contributed by atoms with Gasteiger partial charge in [0.15, 0.2) is 0 Å². The Hall–Kier alpha value is -1.69. The molecule has 0 aliphatic carbocycles. The Labute approximate surface area is 105 Å². The van der Waals surface area contributed by atoms with Gasteiger partial charge in [0.1, 0.15) is 6.04 Å². The van der Waals surface area contributed by atoms with Crippen LogP contribution in [0, 0.1) is 0 Å². The highest BCUT2D eigenvalue weighted by Crippen LogP contribution is 2.02. The molecule has 1 aliphatic heterocycles. The van der Waals surface area contributed by atoms with Crippen molar-refractivity contribution in [3.8, 4) is 0 Å². The fourth-order valence-electron chi connectivity index (χ4n) is 1.69. The van der Waals surface area contributed by atoms with E-state index in [4.69, 9.17) is 9.94 Å². The van der Waals surface area contributed by atoms with Crippen molar-refractivity contribution in [2.75, 3.05) is 6.54 Å². The van der Waals surface area contributed by atoms with Crippen LogP contribution < -0.4 is 10.8 Å². The maximum Gasteiger partial charge on any atom is 0.324 e. The lowest BCUT2D eigenvalue weighted by atomic mass is 10.1. The molecule has 2 atom stereocenters. The molecule has 2 rings (SSSR count). The lowest BCUT2D eigenvalue weighted by Gasteiger charge is -2.22. The van der Waals surface area contributed by atoms with Gasteiger partial charge in [0.2, 0.25) is 0 Å². The number of aliphatic carboxylic acids is 1. The molecule has 5 nitrogen and oxygen atoms in total. The Kier molecular flexibility index (Phi) is 4.46. The Bertz CT molecular complexity index is 420. The first-order valence-electron chi connectivity index (χ1n) is 5.81. The standard InChI is InChI=1S/C13H16N2O3/c16-13(17)12-7-6-11(8-14-12)15-18-9-10-4-2-1-3-5-10/h1-7,11-12,14-15H,8-9H2,(H,16,17)/t11-,12+/m1/s1. The van der Waals surface area contributed by atoms with Gasteiger partial charge >= 0.3 is 5.97 Å². The molecule has 0 aromatic heterocycles. The van der Waals surface area contributed by atoms with Gasteiger partial charge in [0, 0.05) is 6.54 Å². The molecule has 0 amide bonds. The van der Waals surface area contributed by atoms with Crippen LogP contribution in [0.15, 0.2) is 42.5 Å². The molecular weight excluding hydrogens is 232 g/mol. The molecule has 1 aromatic carbocycles. The van der Waals surface area contributed by atoms with Crippen LogP contribution in [0.2, 0.25) is 0 Å². The van der Waals surface area contributed by atoms with Gasteiger partial charge in [0.25, 0.3) is 0 Å². The third-order valence-corrected chi connectivity index (χ3v) is 2.68. The van der Waals surface area contributed by atoms with Crippen molar-refractivity contribution < 1.29 is 14.7 Å². The summed E-state index contributed by atoms with van der Waals surface area (Å²) in [6, 6.07) is 9.22. The van der Waals surface area contributed by atoms with Crippen molar-refractivity contribution in [1.29, 1.82) is 0 Å². The van der Waals surface area contributed by atoms with Crippen molar-refractivity contribution in [1.82, 2.24) is 10.8 Å². The molecule has 1 aromatic rings. The first-order valence-corrected chi connectivity index (χ1v) is 5.81. The van der Waals surface area contributed by atoms with E-state index < -0.39 is 12.0 Å². The zero-order valence-electron chi connectivity index (χ0n) is 9.87. The SMILES string of the molecule is O=C(O)[C@@H]1C=C[C@@H](NOCc2ccccc2)CN1. The zero-order valence-corrected chi connectivity index (χ0v) is 9.87. The second kappa shape index (κ2) is 6.30. The van der Waals surface area contributed by atoms with Crippen LogP contribution >= 0.6 is 0 Å². The second-order valence-corrected chi connectivity index (χ2v) is 4.11. The third kappa shape index (κ3) is 3.66. The summed E-state index contributed by atoms with van der Waals surface area (Å²) in [5.41, 5.74) is 3.97. The minimum absolute atomic E-state index is 0.00990. The predicted octanol–water partition coefficient (Wildman–Crippen LogP) is 0.689. The highest BCUT2D eigenvalue weighted by Gasteiger charge is 2.19. The number of benzene rings is 1. The number of hydrogen-bond acceptors (Lipinski definition) is 4. The quantitative estimate of drug-likeness (QED) is 0.528.